The van der Waals surface area contributed by atoms with Gasteiger partial charge in [-0.3, -0.25) is 9.79 Å². The monoisotopic (exact) mass is 472 g/mol. The molecule has 6 heteroatoms. The first-order valence-electron chi connectivity index (χ1n) is 9.38. The highest BCUT2D eigenvalue weighted by Crippen LogP contribution is 2.22. The van der Waals surface area contributed by atoms with E-state index < -0.39 is 0 Å². The van der Waals surface area contributed by atoms with Gasteiger partial charge in [0.1, 0.15) is 0 Å². The van der Waals surface area contributed by atoms with Gasteiger partial charge in [-0.25, -0.2) is 0 Å². The molecule has 1 aromatic carbocycles. The Hall–Kier alpha value is -1.31. The minimum atomic E-state index is -0.00835. The molecule has 26 heavy (non-hydrogen) atoms. The van der Waals surface area contributed by atoms with E-state index in [9.17, 15) is 4.79 Å². The predicted molar refractivity (Wildman–Crippen MR) is 119 cm³/mol. The number of carbonyl (C=O) groups excluding carboxylic acids is 1. The fraction of sp³-hybridized carbons (Fsp3) is 0.600. The van der Waals surface area contributed by atoms with Gasteiger partial charge in [0.25, 0.3) is 0 Å². The number of amides is 1. The molecule has 0 spiro atoms. The highest BCUT2D eigenvalue weighted by Gasteiger charge is 2.20. The van der Waals surface area contributed by atoms with Crippen LogP contribution < -0.4 is 10.6 Å². The molecule has 1 aliphatic heterocycles. The smallest absolute Gasteiger partial charge is 0.222 e. The number of nitrogens with one attached hydrogen (secondary N) is 2. The van der Waals surface area contributed by atoms with Gasteiger partial charge >= 0.3 is 0 Å². The third kappa shape index (κ3) is 7.13. The van der Waals surface area contributed by atoms with Crippen molar-refractivity contribution in [2.24, 2.45) is 4.99 Å². The minimum Gasteiger partial charge on any atom is -0.357 e. The Kier molecular flexibility index (Phi) is 9.98. The van der Waals surface area contributed by atoms with Crippen LogP contribution in [0.25, 0.3) is 0 Å². The molecule has 1 fully saturated rings. The Morgan fingerprint density at radius 2 is 1.96 bits per heavy atom. The summed E-state index contributed by atoms with van der Waals surface area (Å²) < 4.78 is 0. The lowest BCUT2D eigenvalue weighted by molar-refractivity contribution is -0.127. The lowest BCUT2D eigenvalue weighted by atomic mass is 9.85. The Morgan fingerprint density at radius 3 is 2.58 bits per heavy atom. The number of aliphatic imine (C=N–C) groups is 1. The van der Waals surface area contributed by atoms with Crippen molar-refractivity contribution >= 4 is 35.8 Å². The number of halogens is 1. The zero-order chi connectivity index (χ0) is 18.1. The van der Waals surface area contributed by atoms with E-state index in [1.54, 1.807) is 0 Å². The molecule has 1 amide bonds. The summed E-state index contributed by atoms with van der Waals surface area (Å²) in [5, 5.41) is 6.69. The highest BCUT2D eigenvalue weighted by atomic mass is 127. The summed E-state index contributed by atoms with van der Waals surface area (Å²) in [6, 6.07) is 10.5. The number of guanidine groups is 1. The van der Waals surface area contributed by atoms with E-state index in [4.69, 9.17) is 4.99 Å². The summed E-state index contributed by atoms with van der Waals surface area (Å²) in [5.74, 6) is 1.14. The van der Waals surface area contributed by atoms with Crippen molar-refractivity contribution in [2.75, 3.05) is 32.7 Å². The summed E-state index contributed by atoms with van der Waals surface area (Å²) >= 11 is 0. The molecule has 0 unspecified atom stereocenters. The molecule has 0 atom stereocenters. The summed E-state index contributed by atoms with van der Waals surface area (Å²) in [7, 11) is 0. The Labute approximate surface area is 175 Å². The third-order valence-electron chi connectivity index (χ3n) is 4.60. The van der Waals surface area contributed by atoms with Crippen LogP contribution in [0.4, 0.5) is 0 Å². The second kappa shape index (κ2) is 11.4. The second-order valence-electron chi connectivity index (χ2n) is 7.21. The molecule has 2 rings (SSSR count). The predicted octanol–water partition coefficient (Wildman–Crippen LogP) is 3.15. The zero-order valence-electron chi connectivity index (χ0n) is 16.3. The van der Waals surface area contributed by atoms with Crippen molar-refractivity contribution < 1.29 is 4.79 Å². The lowest BCUT2D eigenvalue weighted by Crippen LogP contribution is -2.40. The van der Waals surface area contributed by atoms with Gasteiger partial charge in [-0.2, -0.15) is 0 Å². The zero-order valence-corrected chi connectivity index (χ0v) is 18.6. The van der Waals surface area contributed by atoms with Gasteiger partial charge in [0, 0.05) is 38.0 Å². The number of hydrogen-bond acceptors (Lipinski definition) is 2. The van der Waals surface area contributed by atoms with E-state index in [-0.39, 0.29) is 29.4 Å². The van der Waals surface area contributed by atoms with Crippen LogP contribution in [-0.2, 0) is 10.2 Å². The SMILES string of the molecule is CCNC(=NCC(C)(C)c1ccccc1)NCCCN1CCCC1=O.I. The first-order valence-corrected chi connectivity index (χ1v) is 9.38. The van der Waals surface area contributed by atoms with Crippen LogP contribution in [0.3, 0.4) is 0 Å². The molecule has 0 bridgehead atoms. The van der Waals surface area contributed by atoms with Gasteiger partial charge in [0.15, 0.2) is 5.96 Å². The van der Waals surface area contributed by atoms with Gasteiger partial charge < -0.3 is 15.5 Å². The molecule has 5 nitrogen and oxygen atoms in total. The Balaban J connectivity index is 0.00000338. The number of benzene rings is 1. The Bertz CT molecular complexity index is 574. The average Bonchev–Trinajstić information content (AvgIpc) is 3.02. The van der Waals surface area contributed by atoms with Crippen LogP contribution >= 0.6 is 24.0 Å². The van der Waals surface area contributed by atoms with Crippen molar-refractivity contribution in [1.82, 2.24) is 15.5 Å². The van der Waals surface area contributed by atoms with Crippen LogP contribution in [0, 0.1) is 0 Å². The number of likely N-dealkylation sites (tertiary alicyclic amines) is 1. The average molecular weight is 472 g/mol. The molecule has 146 valence electrons. The van der Waals surface area contributed by atoms with E-state index in [2.05, 4.69) is 55.7 Å². The quantitative estimate of drug-likeness (QED) is 0.265. The van der Waals surface area contributed by atoms with Gasteiger partial charge in [0.05, 0.1) is 6.54 Å². The lowest BCUT2D eigenvalue weighted by Gasteiger charge is -2.24. The molecule has 1 heterocycles. The maximum Gasteiger partial charge on any atom is 0.222 e. The molecule has 0 aliphatic carbocycles. The molecule has 2 N–H and O–H groups in total. The minimum absolute atomic E-state index is 0. The van der Waals surface area contributed by atoms with Crippen LogP contribution in [-0.4, -0.2) is 49.5 Å². The van der Waals surface area contributed by atoms with Crippen LogP contribution in [0.1, 0.15) is 45.6 Å². The fourth-order valence-electron chi connectivity index (χ4n) is 3.02. The molecular formula is C20H33IN4O. The molecular weight excluding hydrogens is 439 g/mol. The number of rotatable bonds is 8. The third-order valence-corrected chi connectivity index (χ3v) is 4.60. The van der Waals surface area contributed by atoms with E-state index in [0.717, 1.165) is 51.5 Å². The van der Waals surface area contributed by atoms with E-state index in [1.807, 2.05) is 11.0 Å². The highest BCUT2D eigenvalue weighted by molar-refractivity contribution is 14.0. The number of hydrogen-bond donors (Lipinski definition) is 2. The fourth-order valence-corrected chi connectivity index (χ4v) is 3.02. The van der Waals surface area contributed by atoms with E-state index >= 15 is 0 Å². The Morgan fingerprint density at radius 1 is 1.23 bits per heavy atom. The summed E-state index contributed by atoms with van der Waals surface area (Å²) in [5.41, 5.74) is 1.29. The van der Waals surface area contributed by atoms with Gasteiger partial charge in [-0.1, -0.05) is 44.2 Å². The standard InChI is InChI=1S/C20H32N4O.HI/c1-4-21-19(22-13-9-15-24-14-8-12-18(24)25)23-16-20(2,3)17-10-6-5-7-11-17;/h5-7,10-11H,4,8-9,12-16H2,1-3H3,(H2,21,22,23);1H. The van der Waals surface area contributed by atoms with Crippen molar-refractivity contribution in [3.63, 3.8) is 0 Å². The second-order valence-corrected chi connectivity index (χ2v) is 7.21. The number of nitrogens with zero attached hydrogens (tertiary/aromatic N) is 2. The molecule has 0 aromatic heterocycles. The maximum absolute atomic E-state index is 11.6. The molecule has 1 saturated heterocycles. The normalized spacial score (nSPS) is 15.0. The van der Waals surface area contributed by atoms with Crippen LogP contribution in [0.2, 0.25) is 0 Å². The largest absolute Gasteiger partial charge is 0.357 e. The van der Waals surface area contributed by atoms with Gasteiger partial charge in [-0.15, -0.1) is 24.0 Å². The molecule has 1 aliphatic rings. The van der Waals surface area contributed by atoms with Crippen molar-refractivity contribution in [3.05, 3.63) is 35.9 Å². The van der Waals surface area contributed by atoms with E-state index in [1.165, 1.54) is 5.56 Å². The van der Waals surface area contributed by atoms with Crippen molar-refractivity contribution in [2.45, 2.75) is 45.4 Å². The topological polar surface area (TPSA) is 56.7 Å². The maximum atomic E-state index is 11.6. The first kappa shape index (κ1) is 22.7. The molecule has 1 aromatic rings. The summed E-state index contributed by atoms with van der Waals surface area (Å²) in [6.07, 6.45) is 2.66. The van der Waals surface area contributed by atoms with Crippen molar-refractivity contribution in [1.29, 1.82) is 0 Å². The van der Waals surface area contributed by atoms with Gasteiger partial charge in [-0.05, 0) is 25.3 Å². The summed E-state index contributed by atoms with van der Waals surface area (Å²) in [4.78, 5) is 18.3. The molecule has 0 saturated carbocycles. The van der Waals surface area contributed by atoms with Crippen LogP contribution in [0.5, 0.6) is 0 Å². The van der Waals surface area contributed by atoms with Crippen LogP contribution in [0.15, 0.2) is 35.3 Å². The summed E-state index contributed by atoms with van der Waals surface area (Å²) in [6.45, 7) is 10.6. The van der Waals surface area contributed by atoms with Gasteiger partial charge in [0.2, 0.25) is 5.91 Å². The van der Waals surface area contributed by atoms with Crippen molar-refractivity contribution in [3.8, 4) is 0 Å². The first-order chi connectivity index (χ1) is 12.0. The molecule has 0 radical (unpaired) electrons. The number of carbonyl (C=O) groups is 1. The van der Waals surface area contributed by atoms with E-state index in [0.29, 0.717) is 12.3 Å².